The Hall–Kier alpha value is -4.57. The number of aliphatic imine (C=N–C) groups is 2. The summed E-state index contributed by atoms with van der Waals surface area (Å²) in [5, 5.41) is 3.30. The molecule has 10 nitrogen and oxygen atoms in total. The fourth-order valence-electron chi connectivity index (χ4n) is 4.55. The summed E-state index contributed by atoms with van der Waals surface area (Å²) in [6.07, 6.45) is 10.9. The minimum absolute atomic E-state index is 0.0434. The number of aromatic amines is 1. The molecule has 0 spiro atoms. The molecule has 3 aromatic rings. The lowest BCUT2D eigenvalue weighted by Gasteiger charge is -2.26. The summed E-state index contributed by atoms with van der Waals surface area (Å²) in [5.74, 6) is -1.69. The molecule has 2 heterocycles. The third-order valence-electron chi connectivity index (χ3n) is 7.34. The third kappa shape index (κ3) is 8.13. The Bertz CT molecular complexity index is 1740. The van der Waals surface area contributed by atoms with Crippen molar-refractivity contribution in [2.45, 2.75) is 59.7 Å². The number of halogens is 2. The zero-order chi connectivity index (χ0) is 32.7. The van der Waals surface area contributed by atoms with Crippen LogP contribution in [0.1, 0.15) is 51.8 Å². The molecule has 236 valence electrons. The molecule has 2 aromatic heterocycles. The van der Waals surface area contributed by atoms with Crippen LogP contribution in [0, 0.1) is 11.6 Å². The average Bonchev–Trinajstić information content (AvgIpc) is 3.50. The highest BCUT2D eigenvalue weighted by molar-refractivity contribution is 7.27. The van der Waals surface area contributed by atoms with Crippen molar-refractivity contribution < 1.29 is 18.4 Å². The SMILES string of the molecule is C/C=C1/C=C(N/C(=N/C(=O)N(C)Cc2cc3[nH]cnc3cn2)N(C=O)Cc2cc(P)c(F)cc2F)C(CC)=C/C1=N/C(C)CC. The number of hydrogen-bond acceptors (Lipinski definition) is 5. The first kappa shape index (κ1) is 33.3. The first-order valence-electron chi connectivity index (χ1n) is 14.6. The van der Waals surface area contributed by atoms with E-state index in [1.807, 2.05) is 39.0 Å². The number of nitrogens with one attached hydrogen (secondary N) is 2. The van der Waals surface area contributed by atoms with Crippen LogP contribution in [0.3, 0.4) is 0 Å². The Morgan fingerprint density at radius 1 is 1.16 bits per heavy atom. The van der Waals surface area contributed by atoms with Gasteiger partial charge in [0.05, 0.1) is 42.5 Å². The second-order valence-corrected chi connectivity index (χ2v) is 11.2. The highest BCUT2D eigenvalue weighted by Gasteiger charge is 2.23. The number of H-pyrrole nitrogens is 1. The topological polar surface area (TPSA) is 119 Å². The summed E-state index contributed by atoms with van der Waals surface area (Å²) in [4.78, 5) is 49.0. The maximum absolute atomic E-state index is 14.8. The highest BCUT2D eigenvalue weighted by Crippen LogP contribution is 2.24. The number of nitrogens with zero attached hydrogens (tertiary/aromatic N) is 6. The molecule has 0 radical (unpaired) electrons. The summed E-state index contributed by atoms with van der Waals surface area (Å²) < 4.78 is 28.7. The van der Waals surface area contributed by atoms with Gasteiger partial charge in [-0.2, -0.15) is 4.99 Å². The van der Waals surface area contributed by atoms with Crippen LogP contribution in [0.15, 0.2) is 75.8 Å². The molecular weight excluding hydrogens is 597 g/mol. The predicted molar refractivity (Wildman–Crippen MR) is 176 cm³/mol. The predicted octanol–water partition coefficient (Wildman–Crippen LogP) is 5.31. The number of imidazole rings is 1. The lowest BCUT2D eigenvalue weighted by atomic mass is 9.95. The van der Waals surface area contributed by atoms with Gasteiger partial charge in [0, 0.05) is 35.7 Å². The number of hydrogen-bond donors (Lipinski definition) is 2. The van der Waals surface area contributed by atoms with Crippen LogP contribution in [-0.4, -0.2) is 62.0 Å². The number of guanidine groups is 1. The van der Waals surface area contributed by atoms with E-state index in [2.05, 4.69) is 41.4 Å². The van der Waals surface area contributed by atoms with Gasteiger partial charge in [0.2, 0.25) is 12.4 Å². The largest absolute Gasteiger partial charge is 0.346 e. The molecule has 1 aliphatic rings. The molecule has 0 aliphatic heterocycles. The monoisotopic (exact) mass is 634 g/mol. The zero-order valence-electron chi connectivity index (χ0n) is 25.9. The molecule has 2 unspecified atom stereocenters. The van der Waals surface area contributed by atoms with Gasteiger partial charge in [0.25, 0.3) is 0 Å². The van der Waals surface area contributed by atoms with E-state index in [1.54, 1.807) is 25.6 Å². The first-order valence-corrected chi connectivity index (χ1v) is 15.2. The first-order chi connectivity index (χ1) is 21.6. The maximum atomic E-state index is 14.8. The van der Waals surface area contributed by atoms with Crippen molar-refractivity contribution in [1.82, 2.24) is 30.1 Å². The van der Waals surface area contributed by atoms with Crippen molar-refractivity contribution >= 4 is 49.7 Å². The van der Waals surface area contributed by atoms with Crippen molar-refractivity contribution in [3.8, 4) is 0 Å². The molecule has 4 rings (SSSR count). The molecule has 0 saturated carbocycles. The van der Waals surface area contributed by atoms with Gasteiger partial charge in [0.15, 0.2) is 0 Å². The van der Waals surface area contributed by atoms with E-state index in [1.165, 1.54) is 11.0 Å². The minimum atomic E-state index is -0.832. The van der Waals surface area contributed by atoms with Gasteiger partial charge in [-0.25, -0.2) is 18.6 Å². The summed E-state index contributed by atoms with van der Waals surface area (Å²) in [6.45, 7) is 7.80. The number of carbonyl (C=O) groups is 2. The number of allylic oxidation sites excluding steroid dienone is 5. The number of urea groups is 1. The van der Waals surface area contributed by atoms with Gasteiger partial charge in [-0.3, -0.25) is 19.7 Å². The standard InChI is InChI=1S/C32H37F2N8O2P/c1-6-19(4)38-26-9-21(8-3)27(10-20(26)7-2)39-31(42(18-43)15-22-11-30(45)25(34)13-24(22)33)40-32(44)41(5)16-23-12-28-29(14-35-23)37-17-36-28/h7,9-14,17-19H,6,8,15-16,45H2,1-5H3,(H,36,37)(H,39,40,44)/b20-7-,38-26-. The molecule has 2 N–H and O–H groups in total. The molecule has 13 heteroatoms. The number of amides is 3. The Morgan fingerprint density at radius 2 is 1.93 bits per heavy atom. The lowest BCUT2D eigenvalue weighted by Crippen LogP contribution is -2.42. The van der Waals surface area contributed by atoms with Crippen LogP contribution in [0.2, 0.25) is 0 Å². The normalized spacial score (nSPS) is 16.0. The van der Waals surface area contributed by atoms with Crippen LogP contribution in [0.25, 0.3) is 11.0 Å². The van der Waals surface area contributed by atoms with Crippen molar-refractivity contribution in [2.24, 2.45) is 9.98 Å². The number of pyridine rings is 1. The van der Waals surface area contributed by atoms with E-state index in [-0.39, 0.29) is 36.0 Å². The zero-order valence-corrected chi connectivity index (χ0v) is 27.1. The number of aromatic nitrogens is 3. The summed E-state index contributed by atoms with van der Waals surface area (Å²) >= 11 is 0. The van der Waals surface area contributed by atoms with Gasteiger partial charge in [-0.15, -0.1) is 9.24 Å². The molecule has 0 bridgehead atoms. The second-order valence-electron chi connectivity index (χ2n) is 10.6. The van der Waals surface area contributed by atoms with Crippen LogP contribution in [-0.2, 0) is 17.9 Å². The third-order valence-corrected chi connectivity index (χ3v) is 7.78. The molecule has 3 amide bonds. The molecule has 45 heavy (non-hydrogen) atoms. The van der Waals surface area contributed by atoms with Crippen LogP contribution in [0.4, 0.5) is 13.6 Å². The van der Waals surface area contributed by atoms with Gasteiger partial charge >= 0.3 is 6.03 Å². The van der Waals surface area contributed by atoms with Gasteiger partial charge in [0.1, 0.15) is 17.2 Å². The van der Waals surface area contributed by atoms with E-state index in [0.29, 0.717) is 29.7 Å². The van der Waals surface area contributed by atoms with Crippen molar-refractivity contribution in [3.05, 3.63) is 88.7 Å². The van der Waals surface area contributed by atoms with E-state index in [0.717, 1.165) is 39.8 Å². The highest BCUT2D eigenvalue weighted by atomic mass is 31.0. The molecule has 0 saturated heterocycles. The Morgan fingerprint density at radius 3 is 2.62 bits per heavy atom. The number of carbonyl (C=O) groups excluding carboxylic acids is 2. The fraction of sp³-hybridized carbons (Fsp3) is 0.312. The Kier molecular flexibility index (Phi) is 11.1. The summed E-state index contributed by atoms with van der Waals surface area (Å²) in [5.41, 5.74) is 5.27. The van der Waals surface area contributed by atoms with E-state index < -0.39 is 17.7 Å². The van der Waals surface area contributed by atoms with Gasteiger partial charge < -0.3 is 15.2 Å². The lowest BCUT2D eigenvalue weighted by molar-refractivity contribution is -0.115. The van der Waals surface area contributed by atoms with Gasteiger partial charge in [-0.1, -0.05) is 19.9 Å². The molecule has 2 atom stereocenters. The van der Waals surface area contributed by atoms with E-state index in [4.69, 9.17) is 4.99 Å². The Balaban J connectivity index is 1.70. The average molecular weight is 635 g/mol. The number of fused-ring (bicyclic) bond motifs is 1. The van der Waals surface area contributed by atoms with Gasteiger partial charge in [-0.05, 0) is 62.1 Å². The molecular formula is C32H37F2N8O2P. The van der Waals surface area contributed by atoms with Crippen molar-refractivity contribution in [1.29, 1.82) is 0 Å². The maximum Gasteiger partial charge on any atom is 0.346 e. The second kappa shape index (κ2) is 14.9. The Labute approximate surface area is 263 Å². The number of benzene rings is 1. The summed E-state index contributed by atoms with van der Waals surface area (Å²) in [6, 6.07) is 3.28. The smallest absolute Gasteiger partial charge is 0.344 e. The van der Waals surface area contributed by atoms with Crippen LogP contribution in [0.5, 0.6) is 0 Å². The van der Waals surface area contributed by atoms with Crippen molar-refractivity contribution in [2.75, 3.05) is 7.05 Å². The minimum Gasteiger partial charge on any atom is -0.344 e. The fourth-order valence-corrected chi connectivity index (χ4v) is 4.83. The van der Waals surface area contributed by atoms with E-state index in [9.17, 15) is 18.4 Å². The molecule has 1 aliphatic carbocycles. The summed E-state index contributed by atoms with van der Waals surface area (Å²) in [7, 11) is 3.76. The van der Waals surface area contributed by atoms with E-state index >= 15 is 0 Å². The van der Waals surface area contributed by atoms with Crippen molar-refractivity contribution in [3.63, 3.8) is 0 Å². The molecule has 1 aromatic carbocycles. The molecule has 0 fully saturated rings. The van der Waals surface area contributed by atoms with Crippen LogP contribution < -0.4 is 10.6 Å². The quantitative estimate of drug-likeness (QED) is 0.143. The number of rotatable bonds is 9. The van der Waals surface area contributed by atoms with Crippen LogP contribution >= 0.6 is 9.24 Å².